The lowest BCUT2D eigenvalue weighted by atomic mass is 10.0. The van der Waals surface area contributed by atoms with Crippen LogP contribution in [0.1, 0.15) is 47.9 Å². The largest absolute Gasteiger partial charge is 1.00 e. The quantitative estimate of drug-likeness (QED) is 0.232. The number of aryl methyl sites for hydroxylation is 6. The molecular weight excluding hydrogens is 500 g/mol. The van der Waals surface area contributed by atoms with Crippen molar-refractivity contribution < 1.29 is 43.1 Å². The molecule has 0 saturated heterocycles. The summed E-state index contributed by atoms with van der Waals surface area (Å²) in [6, 6.07) is 17.9. The van der Waals surface area contributed by atoms with E-state index in [4.69, 9.17) is 0 Å². The summed E-state index contributed by atoms with van der Waals surface area (Å²) in [4.78, 5) is 0. The Morgan fingerprint density at radius 1 is 0.567 bits per heavy atom. The van der Waals surface area contributed by atoms with Gasteiger partial charge in [-0.2, -0.15) is 0 Å². The van der Waals surface area contributed by atoms with E-state index in [0.717, 1.165) is 13.1 Å². The second-order valence-corrected chi connectivity index (χ2v) is 7.97. The first kappa shape index (κ1) is 26.5. The lowest BCUT2D eigenvalue weighted by Crippen LogP contribution is -3.00. The lowest BCUT2D eigenvalue weighted by molar-refractivity contribution is -0.697. The minimum Gasteiger partial charge on any atom is -1.00 e. The molecule has 0 spiro atoms. The van der Waals surface area contributed by atoms with Gasteiger partial charge in [0, 0.05) is 36.1 Å². The van der Waals surface area contributed by atoms with Gasteiger partial charge in [-0.1, -0.05) is 24.3 Å². The third-order valence-electron chi connectivity index (χ3n) is 5.30. The molecule has 0 bridgehead atoms. The molecular formula is C26H34Br2N2. The molecule has 0 N–H and O–H groups in total. The Hall–Kier alpha value is -1.52. The summed E-state index contributed by atoms with van der Waals surface area (Å²) in [5, 5.41) is 0. The van der Waals surface area contributed by atoms with Crippen molar-refractivity contribution in [3.05, 3.63) is 95.6 Å². The molecule has 0 radical (unpaired) electrons. The summed E-state index contributed by atoms with van der Waals surface area (Å²) in [6.07, 6.45) is 16.1. The number of halogens is 2. The number of unbranched alkanes of at least 4 members (excludes halogenated alkanes) is 2. The van der Waals surface area contributed by atoms with Gasteiger partial charge < -0.3 is 34.0 Å². The molecule has 2 heterocycles. The molecule has 3 aromatic rings. The molecule has 2 nitrogen and oxygen atoms in total. The number of aromatic nitrogens is 2. The fourth-order valence-electron chi connectivity index (χ4n) is 3.70. The minimum absolute atomic E-state index is 0. The number of hydrogen-bond donors (Lipinski definition) is 0. The van der Waals surface area contributed by atoms with Gasteiger partial charge in [-0.3, -0.25) is 0 Å². The van der Waals surface area contributed by atoms with Crippen LogP contribution in [0.15, 0.2) is 73.3 Å². The van der Waals surface area contributed by atoms with E-state index in [0.29, 0.717) is 0 Å². The second kappa shape index (κ2) is 14.5. The molecule has 4 heteroatoms. The van der Waals surface area contributed by atoms with Crippen molar-refractivity contribution in [2.45, 2.75) is 65.5 Å². The zero-order valence-corrected chi connectivity index (χ0v) is 21.4. The highest BCUT2D eigenvalue weighted by molar-refractivity contribution is 5.22. The Balaban J connectivity index is 0.00000225. The topological polar surface area (TPSA) is 7.76 Å². The van der Waals surface area contributed by atoms with Crippen LogP contribution < -0.4 is 43.1 Å². The Kier molecular flexibility index (Phi) is 12.8. The van der Waals surface area contributed by atoms with Gasteiger partial charge in [0.25, 0.3) is 0 Å². The summed E-state index contributed by atoms with van der Waals surface area (Å²) in [6.45, 7) is 6.52. The summed E-state index contributed by atoms with van der Waals surface area (Å²) in [7, 11) is 0. The zero-order valence-electron chi connectivity index (χ0n) is 18.2. The number of benzene rings is 1. The minimum atomic E-state index is 0. The molecule has 3 rings (SSSR count). The van der Waals surface area contributed by atoms with Crippen LogP contribution in [0.25, 0.3) is 0 Å². The fraction of sp³-hybridized carbons (Fsp3) is 0.385. The Bertz CT molecular complexity index is 790. The van der Waals surface area contributed by atoms with Crippen molar-refractivity contribution in [3.63, 3.8) is 0 Å². The van der Waals surface area contributed by atoms with Gasteiger partial charge in [-0.05, 0) is 62.8 Å². The van der Waals surface area contributed by atoms with Gasteiger partial charge in [0.1, 0.15) is 13.1 Å². The van der Waals surface area contributed by atoms with Crippen molar-refractivity contribution >= 4 is 0 Å². The number of hydrogen-bond acceptors (Lipinski definition) is 0. The van der Waals surface area contributed by atoms with Crippen LogP contribution in [-0.2, 0) is 25.9 Å². The highest BCUT2D eigenvalue weighted by Crippen LogP contribution is 2.10. The normalized spacial score (nSPS) is 10.2. The standard InChI is InChI=1S/C26H34N2.2BrH/c1-23-9-7-19-27(21-23)17-5-3-11-25-13-15-26(16-14-25)12-4-6-18-28-20-8-10-24(2)22-28;;/h7-10,13-16,19-22H,3-6,11-12,17-18H2,1-2H3;2*1H/q+2;;/p-2. The highest BCUT2D eigenvalue weighted by atomic mass is 79.9. The van der Waals surface area contributed by atoms with E-state index in [2.05, 4.69) is 96.3 Å². The van der Waals surface area contributed by atoms with Crippen molar-refractivity contribution in [2.24, 2.45) is 0 Å². The summed E-state index contributed by atoms with van der Waals surface area (Å²) in [5.74, 6) is 0. The Morgan fingerprint density at radius 3 is 1.33 bits per heavy atom. The van der Waals surface area contributed by atoms with Crippen LogP contribution in [0, 0.1) is 13.8 Å². The molecule has 0 aliphatic heterocycles. The van der Waals surface area contributed by atoms with Gasteiger partial charge in [-0.15, -0.1) is 0 Å². The van der Waals surface area contributed by atoms with E-state index in [9.17, 15) is 0 Å². The monoisotopic (exact) mass is 532 g/mol. The third-order valence-corrected chi connectivity index (χ3v) is 5.30. The van der Waals surface area contributed by atoms with Gasteiger partial charge in [0.2, 0.25) is 0 Å². The van der Waals surface area contributed by atoms with E-state index in [-0.39, 0.29) is 34.0 Å². The number of rotatable bonds is 10. The van der Waals surface area contributed by atoms with Crippen LogP contribution in [0.3, 0.4) is 0 Å². The predicted molar refractivity (Wildman–Crippen MR) is 115 cm³/mol. The average Bonchev–Trinajstić information content (AvgIpc) is 2.70. The predicted octanol–water partition coefficient (Wildman–Crippen LogP) is -1.07. The Morgan fingerprint density at radius 2 is 0.967 bits per heavy atom. The van der Waals surface area contributed by atoms with Crippen molar-refractivity contribution in [1.29, 1.82) is 0 Å². The van der Waals surface area contributed by atoms with Crippen LogP contribution >= 0.6 is 0 Å². The molecule has 30 heavy (non-hydrogen) atoms. The molecule has 162 valence electrons. The first-order valence-electron chi connectivity index (χ1n) is 10.7. The fourth-order valence-corrected chi connectivity index (χ4v) is 3.70. The molecule has 0 aliphatic carbocycles. The smallest absolute Gasteiger partial charge is 0.171 e. The molecule has 0 amide bonds. The first-order valence-corrected chi connectivity index (χ1v) is 10.7. The van der Waals surface area contributed by atoms with Gasteiger partial charge >= 0.3 is 0 Å². The maximum absolute atomic E-state index is 2.32. The molecule has 1 aromatic carbocycles. The van der Waals surface area contributed by atoms with Gasteiger partial charge in [0.15, 0.2) is 24.8 Å². The Labute approximate surface area is 203 Å². The zero-order chi connectivity index (χ0) is 19.6. The molecule has 0 atom stereocenters. The van der Waals surface area contributed by atoms with Crippen LogP contribution in [0.5, 0.6) is 0 Å². The maximum Gasteiger partial charge on any atom is 0.171 e. The van der Waals surface area contributed by atoms with Crippen molar-refractivity contribution in [3.8, 4) is 0 Å². The number of pyridine rings is 2. The number of nitrogens with zero attached hydrogens (tertiary/aromatic N) is 2. The molecule has 0 aliphatic rings. The molecule has 0 fully saturated rings. The van der Waals surface area contributed by atoms with E-state index in [1.54, 1.807) is 0 Å². The van der Waals surface area contributed by atoms with E-state index in [1.807, 2.05) is 0 Å². The maximum atomic E-state index is 2.32. The van der Waals surface area contributed by atoms with Crippen LogP contribution in [0.2, 0.25) is 0 Å². The second-order valence-electron chi connectivity index (χ2n) is 7.97. The summed E-state index contributed by atoms with van der Waals surface area (Å²) in [5.41, 5.74) is 5.59. The average molecular weight is 534 g/mol. The lowest BCUT2D eigenvalue weighted by Gasteiger charge is -2.04. The first-order chi connectivity index (χ1) is 13.7. The van der Waals surface area contributed by atoms with Crippen molar-refractivity contribution in [1.82, 2.24) is 0 Å². The SMILES string of the molecule is Cc1ccc[n+](CCCCc2ccc(CCCC[n+]3cccc(C)c3)cc2)c1.[Br-].[Br-]. The van der Waals surface area contributed by atoms with Gasteiger partial charge in [-0.25, -0.2) is 9.13 Å². The van der Waals surface area contributed by atoms with Crippen molar-refractivity contribution in [2.75, 3.05) is 0 Å². The van der Waals surface area contributed by atoms with E-state index < -0.39 is 0 Å². The molecule has 0 saturated carbocycles. The van der Waals surface area contributed by atoms with Crippen LogP contribution in [-0.4, -0.2) is 0 Å². The van der Waals surface area contributed by atoms with E-state index in [1.165, 1.54) is 60.8 Å². The summed E-state index contributed by atoms with van der Waals surface area (Å²) < 4.78 is 4.60. The van der Waals surface area contributed by atoms with Gasteiger partial charge in [0.05, 0.1) is 0 Å². The molecule has 2 aromatic heterocycles. The van der Waals surface area contributed by atoms with Crippen LogP contribution in [0.4, 0.5) is 0 Å². The highest BCUT2D eigenvalue weighted by Gasteiger charge is 2.03. The molecule has 0 unspecified atom stereocenters. The third kappa shape index (κ3) is 9.53. The summed E-state index contributed by atoms with van der Waals surface area (Å²) >= 11 is 0. The van der Waals surface area contributed by atoms with E-state index >= 15 is 0 Å².